The molecule has 1 aliphatic carbocycles. The SMILES string of the molecule is CCC(C1CCCCC1)n1c(=O)ccc2cnc(Nc3ccc(-n4cccn4)cc3)nc21. The van der Waals surface area contributed by atoms with E-state index >= 15 is 0 Å². The molecule has 0 radical (unpaired) electrons. The van der Waals surface area contributed by atoms with Gasteiger partial charge in [0.2, 0.25) is 5.95 Å². The van der Waals surface area contributed by atoms with Crippen molar-refractivity contribution in [1.82, 2.24) is 24.3 Å². The third-order valence-corrected chi connectivity index (χ3v) is 6.50. The lowest BCUT2D eigenvalue weighted by Crippen LogP contribution is -2.30. The van der Waals surface area contributed by atoms with Crippen molar-refractivity contribution < 1.29 is 0 Å². The van der Waals surface area contributed by atoms with Crippen LogP contribution in [0.1, 0.15) is 51.5 Å². The maximum Gasteiger partial charge on any atom is 0.252 e. The van der Waals surface area contributed by atoms with Gasteiger partial charge >= 0.3 is 0 Å². The summed E-state index contributed by atoms with van der Waals surface area (Å²) in [6.45, 7) is 2.17. The maximum atomic E-state index is 13.0. The van der Waals surface area contributed by atoms with Crippen molar-refractivity contribution in [3.05, 3.63) is 71.4 Å². The lowest BCUT2D eigenvalue weighted by molar-refractivity contribution is 0.243. The number of benzene rings is 1. The topological polar surface area (TPSA) is 77.6 Å². The highest BCUT2D eigenvalue weighted by Gasteiger charge is 2.26. The van der Waals surface area contributed by atoms with E-state index in [2.05, 4.69) is 22.3 Å². The van der Waals surface area contributed by atoms with Crippen molar-refractivity contribution in [2.24, 2.45) is 5.92 Å². The molecule has 0 aliphatic heterocycles. The van der Waals surface area contributed by atoms with Crippen LogP contribution in [0.3, 0.4) is 0 Å². The smallest absolute Gasteiger partial charge is 0.252 e. The van der Waals surface area contributed by atoms with Crippen LogP contribution in [0.4, 0.5) is 11.6 Å². The minimum Gasteiger partial charge on any atom is -0.324 e. The second-order valence-electron chi connectivity index (χ2n) is 8.51. The van der Waals surface area contributed by atoms with Gasteiger partial charge in [0.05, 0.1) is 5.69 Å². The predicted octanol–water partition coefficient (Wildman–Crippen LogP) is 5.25. The summed E-state index contributed by atoms with van der Waals surface area (Å²) in [4.78, 5) is 22.2. The molecule has 0 bridgehead atoms. The van der Waals surface area contributed by atoms with E-state index in [9.17, 15) is 4.79 Å². The van der Waals surface area contributed by atoms with Crippen molar-refractivity contribution >= 4 is 22.7 Å². The molecule has 0 saturated heterocycles. The molecular weight excluding hydrogens is 400 g/mol. The molecule has 0 spiro atoms. The summed E-state index contributed by atoms with van der Waals surface area (Å²) in [5.41, 5.74) is 2.58. The zero-order valence-electron chi connectivity index (χ0n) is 18.3. The first-order valence-corrected chi connectivity index (χ1v) is 11.5. The van der Waals surface area contributed by atoms with Crippen LogP contribution >= 0.6 is 0 Å². The molecular formula is C25H28N6O. The molecule has 1 aromatic carbocycles. The number of rotatable bonds is 6. The Bertz CT molecular complexity index is 1240. The normalized spacial score (nSPS) is 15.7. The van der Waals surface area contributed by atoms with Gasteiger partial charge in [0.15, 0.2) is 0 Å². The Labute approximate surface area is 187 Å². The number of pyridine rings is 1. The zero-order valence-corrected chi connectivity index (χ0v) is 18.3. The van der Waals surface area contributed by atoms with Crippen LogP contribution in [0.5, 0.6) is 0 Å². The maximum absolute atomic E-state index is 13.0. The average molecular weight is 429 g/mol. The van der Waals surface area contributed by atoms with E-state index in [1.54, 1.807) is 18.5 Å². The van der Waals surface area contributed by atoms with E-state index in [1.165, 1.54) is 32.1 Å². The van der Waals surface area contributed by atoms with Gasteiger partial charge in [-0.05, 0) is 61.6 Å². The summed E-state index contributed by atoms with van der Waals surface area (Å²) in [7, 11) is 0. The van der Waals surface area contributed by atoms with Gasteiger partial charge in [-0.1, -0.05) is 26.2 Å². The van der Waals surface area contributed by atoms with E-state index in [-0.39, 0.29) is 11.6 Å². The lowest BCUT2D eigenvalue weighted by atomic mass is 9.82. The van der Waals surface area contributed by atoms with Crippen molar-refractivity contribution in [2.45, 2.75) is 51.5 Å². The van der Waals surface area contributed by atoms with E-state index in [0.29, 0.717) is 17.5 Å². The minimum absolute atomic E-state index is 0.0168. The standard InChI is InChI=1S/C25H28N6O/c1-2-22(18-7-4-3-5-8-18)31-23(32)14-9-19-17-26-25(29-24(19)31)28-20-10-12-21(13-11-20)30-16-6-15-27-30/h6,9-18,22H,2-5,7-8H2,1H3,(H,26,28,29). The second-order valence-corrected chi connectivity index (χ2v) is 8.51. The van der Waals surface area contributed by atoms with Crippen molar-refractivity contribution in [1.29, 1.82) is 0 Å². The zero-order chi connectivity index (χ0) is 21.9. The number of hydrogen-bond donors (Lipinski definition) is 1. The first-order valence-electron chi connectivity index (χ1n) is 11.5. The molecule has 164 valence electrons. The Balaban J connectivity index is 1.47. The predicted molar refractivity (Wildman–Crippen MR) is 127 cm³/mol. The Morgan fingerprint density at radius 3 is 2.62 bits per heavy atom. The van der Waals surface area contributed by atoms with Gasteiger partial charge in [0, 0.05) is 41.8 Å². The molecule has 1 saturated carbocycles. The van der Waals surface area contributed by atoms with Gasteiger partial charge in [-0.3, -0.25) is 9.36 Å². The molecule has 0 amide bonds. The fourth-order valence-corrected chi connectivity index (χ4v) is 4.91. The molecule has 1 fully saturated rings. The van der Waals surface area contributed by atoms with Crippen LogP contribution in [0, 0.1) is 5.92 Å². The third-order valence-electron chi connectivity index (χ3n) is 6.50. The molecule has 1 N–H and O–H groups in total. The highest BCUT2D eigenvalue weighted by Crippen LogP contribution is 2.35. The summed E-state index contributed by atoms with van der Waals surface area (Å²) in [6.07, 6.45) is 12.5. The highest BCUT2D eigenvalue weighted by molar-refractivity contribution is 5.76. The Morgan fingerprint density at radius 1 is 1.09 bits per heavy atom. The molecule has 1 unspecified atom stereocenters. The molecule has 1 aliphatic rings. The van der Waals surface area contributed by atoms with E-state index in [0.717, 1.165) is 23.2 Å². The summed E-state index contributed by atoms with van der Waals surface area (Å²) in [6, 6.07) is 13.5. The van der Waals surface area contributed by atoms with Crippen molar-refractivity contribution in [2.75, 3.05) is 5.32 Å². The van der Waals surface area contributed by atoms with Crippen LogP contribution in [-0.4, -0.2) is 24.3 Å². The highest BCUT2D eigenvalue weighted by atomic mass is 16.1. The van der Waals surface area contributed by atoms with Crippen LogP contribution in [0.15, 0.2) is 65.8 Å². The number of anilines is 2. The Morgan fingerprint density at radius 2 is 1.91 bits per heavy atom. The van der Waals surface area contributed by atoms with Crippen LogP contribution in [0.25, 0.3) is 16.7 Å². The van der Waals surface area contributed by atoms with Gasteiger partial charge in [-0.25, -0.2) is 9.67 Å². The molecule has 5 rings (SSSR count). The fourth-order valence-electron chi connectivity index (χ4n) is 4.91. The number of nitrogens with zero attached hydrogens (tertiary/aromatic N) is 5. The Kier molecular flexibility index (Phi) is 5.71. The van der Waals surface area contributed by atoms with Gasteiger partial charge in [0.25, 0.3) is 5.56 Å². The van der Waals surface area contributed by atoms with E-state index < -0.39 is 0 Å². The molecule has 3 heterocycles. The molecule has 1 atom stereocenters. The summed E-state index contributed by atoms with van der Waals surface area (Å²) >= 11 is 0. The Hall–Kier alpha value is -3.48. The van der Waals surface area contributed by atoms with Crippen LogP contribution < -0.4 is 10.9 Å². The molecule has 4 aromatic rings. The lowest BCUT2D eigenvalue weighted by Gasteiger charge is -2.31. The van der Waals surface area contributed by atoms with Gasteiger partial charge in [-0.2, -0.15) is 10.1 Å². The monoisotopic (exact) mass is 428 g/mol. The average Bonchev–Trinajstić information content (AvgIpc) is 3.37. The van der Waals surface area contributed by atoms with Crippen molar-refractivity contribution in [3.63, 3.8) is 0 Å². The fraction of sp³-hybridized carbons (Fsp3) is 0.360. The van der Waals surface area contributed by atoms with Gasteiger partial charge in [-0.15, -0.1) is 0 Å². The summed E-state index contributed by atoms with van der Waals surface area (Å²) in [5, 5.41) is 8.43. The van der Waals surface area contributed by atoms with E-state index in [4.69, 9.17) is 4.98 Å². The number of hydrogen-bond acceptors (Lipinski definition) is 5. The van der Waals surface area contributed by atoms with Gasteiger partial charge < -0.3 is 5.32 Å². The molecule has 32 heavy (non-hydrogen) atoms. The second kappa shape index (κ2) is 8.94. The number of fused-ring (bicyclic) bond motifs is 1. The third kappa shape index (κ3) is 4.02. The minimum atomic E-state index is 0.0168. The molecule has 7 nitrogen and oxygen atoms in total. The molecule has 3 aromatic heterocycles. The van der Waals surface area contributed by atoms with Gasteiger partial charge in [0.1, 0.15) is 5.65 Å². The first-order chi connectivity index (χ1) is 15.7. The molecule has 7 heteroatoms. The first kappa shape index (κ1) is 20.4. The number of aromatic nitrogens is 5. The van der Waals surface area contributed by atoms with Crippen LogP contribution in [0.2, 0.25) is 0 Å². The van der Waals surface area contributed by atoms with Crippen molar-refractivity contribution in [3.8, 4) is 5.69 Å². The largest absolute Gasteiger partial charge is 0.324 e. The quantitative estimate of drug-likeness (QED) is 0.454. The number of nitrogens with one attached hydrogen (secondary N) is 1. The van der Waals surface area contributed by atoms with E-state index in [1.807, 2.05) is 51.8 Å². The summed E-state index contributed by atoms with van der Waals surface area (Å²) < 4.78 is 3.73. The van der Waals surface area contributed by atoms with Crippen LogP contribution in [-0.2, 0) is 0 Å². The summed E-state index contributed by atoms with van der Waals surface area (Å²) in [5.74, 6) is 1.01.